The number of aromatic amines is 1. The van der Waals surface area contributed by atoms with Crippen molar-refractivity contribution >= 4 is 28.1 Å². The molecule has 6 nitrogen and oxygen atoms in total. The number of nitrogens with zero attached hydrogens (tertiary/aromatic N) is 2. The molecule has 0 bridgehead atoms. The number of rotatable bonds is 5. The Hall–Kier alpha value is -2.10. The van der Waals surface area contributed by atoms with Gasteiger partial charge in [0.1, 0.15) is 11.6 Å². The predicted octanol–water partition coefficient (Wildman–Crippen LogP) is 6.05. The van der Waals surface area contributed by atoms with Crippen LogP contribution < -0.4 is 10.1 Å². The molecule has 7 heteroatoms. The molecule has 28 heavy (non-hydrogen) atoms. The molecule has 1 aliphatic rings. The molecule has 4 aromatic rings. The third-order valence-corrected chi connectivity index (χ3v) is 4.65. The van der Waals surface area contributed by atoms with Gasteiger partial charge in [-0.1, -0.05) is 36.4 Å². The Morgan fingerprint density at radius 2 is 1.82 bits per heavy atom. The smallest absolute Gasteiger partial charge is 0.221 e. The van der Waals surface area contributed by atoms with Gasteiger partial charge in [-0.05, 0) is 30.4 Å². The first-order valence-electron chi connectivity index (χ1n) is 8.96. The van der Waals surface area contributed by atoms with Gasteiger partial charge in [0.05, 0.1) is 0 Å². The van der Waals surface area contributed by atoms with Crippen molar-refractivity contribution < 1.29 is 48.8 Å². The zero-order valence-electron chi connectivity index (χ0n) is 15.1. The Balaban J connectivity index is 0.00000192. The van der Waals surface area contributed by atoms with Crippen molar-refractivity contribution in [3.8, 4) is 11.6 Å². The molecule has 2 aromatic heterocycles. The molecule has 2 heterocycles. The predicted molar refractivity (Wildman–Crippen MR) is 106 cm³/mol. The van der Waals surface area contributed by atoms with E-state index in [1.165, 1.54) is 18.5 Å². The average molecular weight is 583 g/mol. The fraction of sp³-hybridized carbons (Fsp3) is 0.143. The van der Waals surface area contributed by atoms with E-state index in [4.69, 9.17) is 10.5 Å². The van der Waals surface area contributed by atoms with Crippen molar-refractivity contribution in [2.24, 2.45) is 0 Å². The molecular formula is C21H18AcN5O-. The number of aromatic nitrogens is 3. The molecule has 0 amide bonds. The van der Waals surface area contributed by atoms with Gasteiger partial charge >= 0.3 is 0 Å². The van der Waals surface area contributed by atoms with Crippen molar-refractivity contribution in [3.05, 3.63) is 72.1 Å². The molecule has 1 saturated carbocycles. The van der Waals surface area contributed by atoms with Gasteiger partial charge in [0.2, 0.25) is 5.88 Å². The van der Waals surface area contributed by atoms with Crippen molar-refractivity contribution in [2.75, 3.05) is 5.32 Å². The third-order valence-electron chi connectivity index (χ3n) is 4.65. The van der Waals surface area contributed by atoms with Crippen LogP contribution in [0.3, 0.4) is 0 Å². The molecule has 3 N–H and O–H groups in total. The van der Waals surface area contributed by atoms with E-state index < -0.39 is 0 Å². The van der Waals surface area contributed by atoms with Crippen LogP contribution in [0.15, 0.2) is 60.7 Å². The number of fused-ring (bicyclic) bond motifs is 1. The number of nitrogens with one attached hydrogen (secondary N) is 3. The number of H-pyrrole nitrogens is 1. The van der Waals surface area contributed by atoms with Crippen molar-refractivity contribution in [1.29, 1.82) is 0 Å². The van der Waals surface area contributed by atoms with Crippen LogP contribution in [0.5, 0.6) is 11.6 Å². The minimum Gasteiger partial charge on any atom is -0.699 e. The van der Waals surface area contributed by atoms with E-state index in [-0.39, 0.29) is 44.1 Å². The maximum Gasteiger partial charge on any atom is 0.221 e. The monoisotopic (exact) mass is 583 g/mol. The van der Waals surface area contributed by atoms with E-state index in [0.29, 0.717) is 29.1 Å². The fourth-order valence-corrected chi connectivity index (χ4v) is 3.09. The van der Waals surface area contributed by atoms with Gasteiger partial charge in [0.15, 0.2) is 5.82 Å². The second kappa shape index (κ2) is 8.10. The average Bonchev–Trinajstić information content (AvgIpc) is 3.43. The number of benzene rings is 2. The second-order valence-corrected chi connectivity index (χ2v) is 6.76. The summed E-state index contributed by atoms with van der Waals surface area (Å²) in [6, 6.07) is 18.9. The van der Waals surface area contributed by atoms with Crippen LogP contribution in [0.2, 0.25) is 0 Å². The second-order valence-electron chi connectivity index (χ2n) is 6.76. The van der Waals surface area contributed by atoms with E-state index in [2.05, 4.69) is 26.6 Å². The van der Waals surface area contributed by atoms with E-state index in [1.54, 1.807) is 24.3 Å². The molecule has 0 atom stereocenters. The Bertz CT molecular complexity index is 1110. The molecule has 137 valence electrons. The molecule has 5 rings (SSSR count). The van der Waals surface area contributed by atoms with Crippen LogP contribution >= 0.6 is 0 Å². The number of ether oxygens (including phenoxy) is 1. The Kier molecular flexibility index (Phi) is 5.56. The summed E-state index contributed by atoms with van der Waals surface area (Å²) >= 11 is 0. The van der Waals surface area contributed by atoms with E-state index in [0.717, 1.165) is 16.6 Å². The molecule has 0 saturated heterocycles. The summed E-state index contributed by atoms with van der Waals surface area (Å²) in [5, 5.41) is 12.8. The SMILES string of the molecule is [Ac].[NH-]c1ccc(Oc2cc3ccccc3c(Nc3cc(C4CC4)[nH]n3)n2)cc1. The fourth-order valence-electron chi connectivity index (χ4n) is 3.09. The zero-order chi connectivity index (χ0) is 18.2. The Morgan fingerprint density at radius 3 is 2.61 bits per heavy atom. The van der Waals surface area contributed by atoms with Gasteiger partial charge in [-0.2, -0.15) is 10.1 Å². The summed E-state index contributed by atoms with van der Waals surface area (Å²) in [6.45, 7) is 0. The quantitative estimate of drug-likeness (QED) is 0.300. The minimum absolute atomic E-state index is 0. The van der Waals surface area contributed by atoms with Gasteiger partial charge < -0.3 is 15.8 Å². The summed E-state index contributed by atoms with van der Waals surface area (Å²) in [7, 11) is 0. The van der Waals surface area contributed by atoms with Crippen molar-refractivity contribution in [2.45, 2.75) is 18.8 Å². The standard InChI is InChI=1S/C21H18N5O.Ac/c22-15-7-9-16(10-8-15)27-20-11-14-3-1-2-4-17(14)21(24-20)23-19-12-18(25-26-19)13-5-6-13;/h1-4,7-13,22H,5-6H2,(H2,23,24,25,26);/q-1;. The maximum absolute atomic E-state index is 7.58. The van der Waals surface area contributed by atoms with Crippen LogP contribution in [0.1, 0.15) is 24.5 Å². The normalized spacial score (nSPS) is 13.1. The molecule has 0 aliphatic heterocycles. The van der Waals surface area contributed by atoms with Gasteiger partial charge in [-0.3, -0.25) is 5.10 Å². The van der Waals surface area contributed by atoms with Crippen LogP contribution in [0, 0.1) is 44.1 Å². The topological polar surface area (TPSA) is 86.6 Å². The molecule has 0 spiro atoms. The number of anilines is 2. The van der Waals surface area contributed by atoms with Gasteiger partial charge in [0.25, 0.3) is 0 Å². The van der Waals surface area contributed by atoms with E-state index in [9.17, 15) is 0 Å². The first kappa shape index (κ1) is 19.2. The molecule has 1 radical (unpaired) electrons. The van der Waals surface area contributed by atoms with Gasteiger partial charge in [-0.15, -0.1) is 5.69 Å². The maximum atomic E-state index is 7.58. The molecule has 2 aromatic carbocycles. The van der Waals surface area contributed by atoms with Crippen LogP contribution in [-0.2, 0) is 0 Å². The summed E-state index contributed by atoms with van der Waals surface area (Å²) in [5.74, 6) is 3.22. The van der Waals surface area contributed by atoms with Gasteiger partial charge in [0, 0.05) is 73.2 Å². The van der Waals surface area contributed by atoms with Crippen LogP contribution in [0.25, 0.3) is 16.5 Å². The molecule has 0 unspecified atom stereocenters. The largest absolute Gasteiger partial charge is 0.699 e. The number of hydrogen-bond donors (Lipinski definition) is 2. The Labute approximate surface area is 198 Å². The summed E-state index contributed by atoms with van der Waals surface area (Å²) in [6.07, 6.45) is 2.45. The first-order chi connectivity index (χ1) is 13.2. The van der Waals surface area contributed by atoms with Gasteiger partial charge in [-0.25, -0.2) is 0 Å². The van der Waals surface area contributed by atoms with Crippen molar-refractivity contribution in [1.82, 2.24) is 15.2 Å². The molecule has 1 fully saturated rings. The summed E-state index contributed by atoms with van der Waals surface area (Å²) < 4.78 is 5.91. The minimum atomic E-state index is 0. The van der Waals surface area contributed by atoms with Crippen LogP contribution in [-0.4, -0.2) is 15.2 Å². The summed E-state index contributed by atoms with van der Waals surface area (Å²) in [4.78, 5) is 4.65. The number of pyridine rings is 1. The third kappa shape index (κ3) is 4.16. The first-order valence-corrected chi connectivity index (χ1v) is 8.96. The molecule has 1 aliphatic carbocycles. The van der Waals surface area contributed by atoms with E-state index in [1.807, 2.05) is 30.3 Å². The zero-order valence-corrected chi connectivity index (χ0v) is 19.9. The van der Waals surface area contributed by atoms with Crippen LogP contribution in [0.4, 0.5) is 17.3 Å². The summed E-state index contributed by atoms with van der Waals surface area (Å²) in [5.41, 5.74) is 9.20. The Morgan fingerprint density at radius 1 is 1.04 bits per heavy atom. The van der Waals surface area contributed by atoms with E-state index >= 15 is 0 Å². The molecular weight excluding hydrogens is 565 g/mol. The number of hydrogen-bond acceptors (Lipinski definition) is 4. The van der Waals surface area contributed by atoms with Crippen molar-refractivity contribution in [3.63, 3.8) is 0 Å².